The third-order valence-corrected chi connectivity index (χ3v) is 2.89. The van der Waals surface area contributed by atoms with E-state index in [0.29, 0.717) is 11.7 Å². The van der Waals surface area contributed by atoms with Crippen LogP contribution in [0.2, 0.25) is 0 Å². The molecule has 1 saturated heterocycles. The van der Waals surface area contributed by atoms with Crippen molar-refractivity contribution in [3.8, 4) is 0 Å². The van der Waals surface area contributed by atoms with E-state index in [1.807, 2.05) is 4.90 Å². The highest BCUT2D eigenvalue weighted by molar-refractivity contribution is 7.07. The van der Waals surface area contributed by atoms with E-state index in [-0.39, 0.29) is 5.91 Å². The van der Waals surface area contributed by atoms with E-state index < -0.39 is 0 Å². The highest BCUT2D eigenvalue weighted by atomic mass is 32.1. The van der Waals surface area contributed by atoms with Gasteiger partial charge in [0.05, 0.1) is 5.51 Å². The van der Waals surface area contributed by atoms with Crippen LogP contribution in [0.5, 0.6) is 0 Å². The van der Waals surface area contributed by atoms with Crippen LogP contribution in [0.4, 0.5) is 0 Å². The molecule has 1 atom stereocenters. The molecular formula is C9H13N3OS. The van der Waals surface area contributed by atoms with Crippen LogP contribution in [-0.4, -0.2) is 41.5 Å². The summed E-state index contributed by atoms with van der Waals surface area (Å²) < 4.78 is 0. The van der Waals surface area contributed by atoms with Gasteiger partial charge in [0.15, 0.2) is 0 Å². The molecule has 4 nitrogen and oxygen atoms in total. The smallest absolute Gasteiger partial charge is 0.273 e. The lowest BCUT2D eigenvalue weighted by Crippen LogP contribution is -2.51. The van der Waals surface area contributed by atoms with Gasteiger partial charge in [0.1, 0.15) is 5.69 Å². The van der Waals surface area contributed by atoms with Crippen LogP contribution in [0.15, 0.2) is 10.9 Å². The minimum atomic E-state index is 0.0552. The van der Waals surface area contributed by atoms with Crippen molar-refractivity contribution in [1.29, 1.82) is 0 Å². The number of piperazine rings is 1. The highest BCUT2D eigenvalue weighted by Crippen LogP contribution is 2.07. The average molecular weight is 211 g/mol. The lowest BCUT2D eigenvalue weighted by atomic mass is 10.2. The van der Waals surface area contributed by atoms with Crippen LogP contribution >= 0.6 is 11.3 Å². The topological polar surface area (TPSA) is 45.2 Å². The predicted molar refractivity (Wildman–Crippen MR) is 55.5 cm³/mol. The Morgan fingerprint density at radius 2 is 2.64 bits per heavy atom. The Balaban J connectivity index is 2.04. The van der Waals surface area contributed by atoms with Gasteiger partial charge in [0, 0.05) is 31.1 Å². The molecule has 2 rings (SSSR count). The second-order valence-electron chi connectivity index (χ2n) is 3.48. The lowest BCUT2D eigenvalue weighted by Gasteiger charge is -2.31. The van der Waals surface area contributed by atoms with Gasteiger partial charge in [0.2, 0.25) is 0 Å². The first-order valence-electron chi connectivity index (χ1n) is 4.68. The first-order chi connectivity index (χ1) is 6.77. The molecule has 1 aliphatic rings. The Labute approximate surface area is 86.9 Å². The van der Waals surface area contributed by atoms with Crippen molar-refractivity contribution in [1.82, 2.24) is 15.2 Å². The second-order valence-corrected chi connectivity index (χ2v) is 4.20. The molecule has 14 heavy (non-hydrogen) atoms. The summed E-state index contributed by atoms with van der Waals surface area (Å²) in [6.07, 6.45) is 0. The van der Waals surface area contributed by atoms with Crippen LogP contribution in [0.3, 0.4) is 0 Å². The van der Waals surface area contributed by atoms with Crippen molar-refractivity contribution in [2.45, 2.75) is 13.0 Å². The minimum absolute atomic E-state index is 0.0552. The van der Waals surface area contributed by atoms with Gasteiger partial charge >= 0.3 is 0 Å². The molecule has 2 heterocycles. The Bertz CT molecular complexity index is 312. The monoisotopic (exact) mass is 211 g/mol. The quantitative estimate of drug-likeness (QED) is 0.739. The minimum Gasteiger partial charge on any atom is -0.334 e. The molecule has 0 aromatic carbocycles. The van der Waals surface area contributed by atoms with Gasteiger partial charge in [-0.3, -0.25) is 4.79 Å². The van der Waals surface area contributed by atoms with E-state index >= 15 is 0 Å². The fourth-order valence-electron chi connectivity index (χ4n) is 1.60. The van der Waals surface area contributed by atoms with E-state index in [0.717, 1.165) is 19.6 Å². The summed E-state index contributed by atoms with van der Waals surface area (Å²) in [5.41, 5.74) is 2.27. The Hall–Kier alpha value is -0.940. The molecule has 1 fully saturated rings. The zero-order chi connectivity index (χ0) is 9.97. The molecule has 1 aliphatic heterocycles. The van der Waals surface area contributed by atoms with Crippen LogP contribution in [-0.2, 0) is 0 Å². The number of nitrogens with zero attached hydrogens (tertiary/aromatic N) is 2. The number of hydrogen-bond donors (Lipinski definition) is 1. The maximum atomic E-state index is 11.8. The molecule has 0 spiro atoms. The van der Waals surface area contributed by atoms with Crippen molar-refractivity contribution in [2.75, 3.05) is 19.6 Å². The standard InChI is InChI=1S/C9H13N3OS/c1-7-4-12(3-2-10-7)9(13)8-5-14-6-11-8/h5-7,10H,2-4H2,1H3. The van der Waals surface area contributed by atoms with E-state index in [1.54, 1.807) is 10.9 Å². The Morgan fingerprint density at radius 1 is 1.79 bits per heavy atom. The zero-order valence-corrected chi connectivity index (χ0v) is 8.88. The summed E-state index contributed by atoms with van der Waals surface area (Å²) >= 11 is 1.46. The Kier molecular flexibility index (Phi) is 2.79. The molecule has 1 aromatic heterocycles. The maximum Gasteiger partial charge on any atom is 0.273 e. The van der Waals surface area contributed by atoms with Crippen LogP contribution in [0.1, 0.15) is 17.4 Å². The number of nitrogens with one attached hydrogen (secondary N) is 1. The molecule has 1 N–H and O–H groups in total. The summed E-state index contributed by atoms with van der Waals surface area (Å²) in [5, 5.41) is 5.10. The molecular weight excluding hydrogens is 198 g/mol. The average Bonchev–Trinajstić information content (AvgIpc) is 2.69. The van der Waals surface area contributed by atoms with Gasteiger partial charge in [0.25, 0.3) is 5.91 Å². The summed E-state index contributed by atoms with van der Waals surface area (Å²) in [5.74, 6) is 0.0552. The molecule has 1 unspecified atom stereocenters. The zero-order valence-electron chi connectivity index (χ0n) is 8.06. The highest BCUT2D eigenvalue weighted by Gasteiger charge is 2.22. The van der Waals surface area contributed by atoms with E-state index in [4.69, 9.17) is 0 Å². The van der Waals surface area contributed by atoms with Crippen molar-refractivity contribution in [3.05, 3.63) is 16.6 Å². The number of amides is 1. The number of hydrogen-bond acceptors (Lipinski definition) is 4. The third kappa shape index (κ3) is 1.93. The number of thiazole rings is 1. The fraction of sp³-hybridized carbons (Fsp3) is 0.556. The van der Waals surface area contributed by atoms with Gasteiger partial charge in [-0.1, -0.05) is 0 Å². The first-order valence-corrected chi connectivity index (χ1v) is 5.62. The van der Waals surface area contributed by atoms with Gasteiger partial charge in [-0.2, -0.15) is 0 Å². The molecule has 0 aliphatic carbocycles. The van der Waals surface area contributed by atoms with Gasteiger partial charge in [-0.15, -0.1) is 11.3 Å². The molecule has 76 valence electrons. The van der Waals surface area contributed by atoms with E-state index in [9.17, 15) is 4.79 Å². The van der Waals surface area contributed by atoms with Gasteiger partial charge in [-0.25, -0.2) is 4.98 Å². The summed E-state index contributed by atoms with van der Waals surface area (Å²) in [7, 11) is 0. The Morgan fingerprint density at radius 3 is 3.29 bits per heavy atom. The summed E-state index contributed by atoms with van der Waals surface area (Å²) in [4.78, 5) is 17.7. The molecule has 0 saturated carbocycles. The molecule has 0 bridgehead atoms. The van der Waals surface area contributed by atoms with Gasteiger partial charge < -0.3 is 10.2 Å². The van der Waals surface area contributed by atoms with Crippen molar-refractivity contribution < 1.29 is 4.79 Å². The summed E-state index contributed by atoms with van der Waals surface area (Å²) in [6.45, 7) is 4.51. The van der Waals surface area contributed by atoms with Crippen molar-refractivity contribution in [2.24, 2.45) is 0 Å². The second kappa shape index (κ2) is 4.06. The lowest BCUT2D eigenvalue weighted by molar-refractivity contribution is 0.0704. The fourth-order valence-corrected chi connectivity index (χ4v) is 2.12. The SMILES string of the molecule is CC1CN(C(=O)c2cscn2)CCN1. The van der Waals surface area contributed by atoms with Crippen LogP contribution in [0, 0.1) is 0 Å². The number of carbonyl (C=O) groups is 1. The molecule has 5 heteroatoms. The maximum absolute atomic E-state index is 11.8. The number of rotatable bonds is 1. The van der Waals surface area contributed by atoms with Gasteiger partial charge in [-0.05, 0) is 6.92 Å². The number of aromatic nitrogens is 1. The molecule has 1 amide bonds. The van der Waals surface area contributed by atoms with E-state index in [2.05, 4.69) is 17.2 Å². The summed E-state index contributed by atoms with van der Waals surface area (Å²) in [6, 6.07) is 0.381. The number of carbonyl (C=O) groups excluding carboxylic acids is 1. The molecule has 0 radical (unpaired) electrons. The predicted octanol–water partition coefficient (Wildman–Crippen LogP) is 0.577. The van der Waals surface area contributed by atoms with Crippen LogP contribution < -0.4 is 5.32 Å². The van der Waals surface area contributed by atoms with Crippen molar-refractivity contribution in [3.63, 3.8) is 0 Å². The third-order valence-electron chi connectivity index (χ3n) is 2.31. The largest absolute Gasteiger partial charge is 0.334 e. The normalized spacial score (nSPS) is 22.4. The van der Waals surface area contributed by atoms with Crippen LogP contribution in [0.25, 0.3) is 0 Å². The van der Waals surface area contributed by atoms with E-state index in [1.165, 1.54) is 11.3 Å². The first kappa shape index (κ1) is 9.61. The molecule has 1 aromatic rings. The van der Waals surface area contributed by atoms with Crippen molar-refractivity contribution >= 4 is 17.2 Å².